The molecule has 2 rings (SSSR count). The molecule has 2 N–H and O–H groups in total. The van der Waals surface area contributed by atoms with Crippen molar-refractivity contribution >= 4 is 10.0 Å². The second-order valence-electron chi connectivity index (χ2n) is 5.66. The van der Waals surface area contributed by atoms with Crippen molar-refractivity contribution in [3.8, 4) is 0 Å². The van der Waals surface area contributed by atoms with Crippen LogP contribution in [0.3, 0.4) is 0 Å². The van der Waals surface area contributed by atoms with E-state index in [0.29, 0.717) is 24.9 Å². The van der Waals surface area contributed by atoms with Crippen LogP contribution in [0.4, 0.5) is 0 Å². The average molecular weight is 246 g/mol. The minimum absolute atomic E-state index is 0.193. The number of rotatable bonds is 3. The first-order valence-corrected chi connectivity index (χ1v) is 7.74. The molecule has 0 spiro atoms. The van der Waals surface area contributed by atoms with Crippen molar-refractivity contribution < 1.29 is 8.42 Å². The Balaban J connectivity index is 2.08. The summed E-state index contributed by atoms with van der Waals surface area (Å²) < 4.78 is 25.9. The molecule has 16 heavy (non-hydrogen) atoms. The van der Waals surface area contributed by atoms with Gasteiger partial charge in [-0.1, -0.05) is 13.8 Å². The van der Waals surface area contributed by atoms with Gasteiger partial charge in [0.25, 0.3) is 0 Å². The van der Waals surface area contributed by atoms with Gasteiger partial charge in [0.05, 0.1) is 5.75 Å². The van der Waals surface area contributed by atoms with Crippen molar-refractivity contribution in [2.45, 2.75) is 32.7 Å². The van der Waals surface area contributed by atoms with Gasteiger partial charge in [-0.25, -0.2) is 12.7 Å². The first kappa shape index (κ1) is 12.3. The molecule has 0 aromatic rings. The summed E-state index contributed by atoms with van der Waals surface area (Å²) in [6.07, 6.45) is 2.19. The third kappa shape index (κ3) is 2.26. The van der Waals surface area contributed by atoms with Gasteiger partial charge in [-0.3, -0.25) is 0 Å². The highest BCUT2D eigenvalue weighted by atomic mass is 32.2. The van der Waals surface area contributed by atoms with Crippen LogP contribution in [0, 0.1) is 17.8 Å². The smallest absolute Gasteiger partial charge is 0.214 e. The predicted molar refractivity (Wildman–Crippen MR) is 64.4 cm³/mol. The zero-order valence-electron chi connectivity index (χ0n) is 10.1. The molecular formula is C11H22N2O2S. The maximum Gasteiger partial charge on any atom is 0.214 e. The highest BCUT2D eigenvalue weighted by Gasteiger charge is 2.43. The lowest BCUT2D eigenvalue weighted by Gasteiger charge is -2.35. The molecule has 1 heterocycles. The summed E-state index contributed by atoms with van der Waals surface area (Å²) in [7, 11) is -3.05. The van der Waals surface area contributed by atoms with Gasteiger partial charge in [0, 0.05) is 19.1 Å². The molecule has 1 unspecified atom stereocenters. The second kappa shape index (κ2) is 4.27. The van der Waals surface area contributed by atoms with Crippen LogP contribution in [-0.4, -0.2) is 37.6 Å². The molecule has 0 aromatic carbocycles. The minimum atomic E-state index is -3.05. The van der Waals surface area contributed by atoms with E-state index in [0.717, 1.165) is 12.8 Å². The maximum atomic E-state index is 12.1. The third-order valence-electron chi connectivity index (χ3n) is 3.81. The Kier molecular flexibility index (Phi) is 3.29. The van der Waals surface area contributed by atoms with Crippen molar-refractivity contribution in [1.82, 2.24) is 4.31 Å². The number of hydrogen-bond acceptors (Lipinski definition) is 3. The standard InChI is InChI=1S/C11H22N2O2S/c1-8(2)7-16(14,15)13-5-9-3-4-10(6-13)11(9)12/h8-11H,3-7,12H2,1-2H3/t9-,10+,11?. The van der Waals surface area contributed by atoms with Crippen LogP contribution in [0.25, 0.3) is 0 Å². The summed E-state index contributed by atoms with van der Waals surface area (Å²) in [6.45, 7) is 5.18. The van der Waals surface area contributed by atoms with E-state index in [4.69, 9.17) is 5.73 Å². The molecule has 4 nitrogen and oxygen atoms in total. The summed E-state index contributed by atoms with van der Waals surface area (Å²) >= 11 is 0. The van der Waals surface area contributed by atoms with Gasteiger partial charge >= 0.3 is 0 Å². The summed E-state index contributed by atoms with van der Waals surface area (Å²) in [5, 5.41) is 0. The van der Waals surface area contributed by atoms with Gasteiger partial charge in [0.1, 0.15) is 0 Å². The van der Waals surface area contributed by atoms with Gasteiger partial charge in [0.2, 0.25) is 10.0 Å². The van der Waals surface area contributed by atoms with Crippen LogP contribution in [-0.2, 0) is 10.0 Å². The Morgan fingerprint density at radius 1 is 1.25 bits per heavy atom. The largest absolute Gasteiger partial charge is 0.327 e. The van der Waals surface area contributed by atoms with Gasteiger partial charge in [-0.05, 0) is 30.6 Å². The molecule has 94 valence electrons. The third-order valence-corrected chi connectivity index (χ3v) is 5.98. The fraction of sp³-hybridized carbons (Fsp3) is 1.00. The van der Waals surface area contributed by atoms with Gasteiger partial charge in [-0.2, -0.15) is 0 Å². The van der Waals surface area contributed by atoms with E-state index in [1.807, 2.05) is 13.8 Å². The van der Waals surface area contributed by atoms with Crippen LogP contribution < -0.4 is 5.73 Å². The lowest BCUT2D eigenvalue weighted by Crippen LogP contribution is -2.51. The molecule has 1 saturated heterocycles. The molecule has 1 aliphatic carbocycles. The lowest BCUT2D eigenvalue weighted by molar-refractivity contribution is 0.228. The van der Waals surface area contributed by atoms with Crippen LogP contribution in [0.1, 0.15) is 26.7 Å². The van der Waals surface area contributed by atoms with Crippen molar-refractivity contribution in [3.05, 3.63) is 0 Å². The molecule has 0 radical (unpaired) electrons. The monoisotopic (exact) mass is 246 g/mol. The fourth-order valence-corrected chi connectivity index (χ4v) is 4.87. The lowest BCUT2D eigenvalue weighted by atomic mass is 9.95. The van der Waals surface area contributed by atoms with E-state index in [-0.39, 0.29) is 17.7 Å². The zero-order valence-corrected chi connectivity index (χ0v) is 10.9. The van der Waals surface area contributed by atoms with E-state index in [9.17, 15) is 8.42 Å². The van der Waals surface area contributed by atoms with E-state index in [2.05, 4.69) is 0 Å². The van der Waals surface area contributed by atoms with Crippen LogP contribution in [0.2, 0.25) is 0 Å². The number of piperidine rings is 1. The minimum Gasteiger partial charge on any atom is -0.327 e. The van der Waals surface area contributed by atoms with Gasteiger partial charge in [0.15, 0.2) is 0 Å². The summed E-state index contributed by atoms with van der Waals surface area (Å²) in [5.74, 6) is 1.24. The topological polar surface area (TPSA) is 63.4 Å². The van der Waals surface area contributed by atoms with Crippen molar-refractivity contribution in [2.75, 3.05) is 18.8 Å². The van der Waals surface area contributed by atoms with Crippen LogP contribution in [0.15, 0.2) is 0 Å². The predicted octanol–water partition coefficient (Wildman–Crippen LogP) is 0.641. The molecule has 0 amide bonds. The molecule has 0 aromatic heterocycles. The maximum absolute atomic E-state index is 12.1. The normalized spacial score (nSPS) is 35.9. The van der Waals surface area contributed by atoms with E-state index >= 15 is 0 Å². The van der Waals surface area contributed by atoms with Crippen molar-refractivity contribution in [2.24, 2.45) is 23.5 Å². The number of fused-ring (bicyclic) bond motifs is 2. The van der Waals surface area contributed by atoms with Crippen LogP contribution in [0.5, 0.6) is 0 Å². The number of sulfonamides is 1. The van der Waals surface area contributed by atoms with E-state index in [1.165, 1.54) is 0 Å². The first-order valence-electron chi connectivity index (χ1n) is 6.13. The fourth-order valence-electron chi connectivity index (χ4n) is 2.98. The SMILES string of the molecule is CC(C)CS(=O)(=O)N1C[C@H]2CC[C@@H](C1)C2N. The number of hydrogen-bond donors (Lipinski definition) is 1. The summed E-state index contributed by atoms with van der Waals surface area (Å²) in [6, 6.07) is 0.227. The van der Waals surface area contributed by atoms with Crippen LogP contribution >= 0.6 is 0 Å². The van der Waals surface area contributed by atoms with Gasteiger partial charge in [-0.15, -0.1) is 0 Å². The molecule has 3 atom stereocenters. The molecule has 2 aliphatic rings. The van der Waals surface area contributed by atoms with Crippen molar-refractivity contribution in [3.63, 3.8) is 0 Å². The summed E-state index contributed by atoms with van der Waals surface area (Å²) in [4.78, 5) is 0. The Morgan fingerprint density at radius 3 is 2.19 bits per heavy atom. The molecule has 1 saturated carbocycles. The molecule has 5 heteroatoms. The molecule has 2 bridgehead atoms. The molecular weight excluding hydrogens is 224 g/mol. The quantitative estimate of drug-likeness (QED) is 0.795. The number of nitrogens with zero attached hydrogens (tertiary/aromatic N) is 1. The Morgan fingerprint density at radius 2 is 1.75 bits per heavy atom. The van der Waals surface area contributed by atoms with Crippen molar-refractivity contribution in [1.29, 1.82) is 0 Å². The average Bonchev–Trinajstić information content (AvgIpc) is 2.39. The Bertz CT molecular complexity index is 339. The Labute approximate surface area is 98.2 Å². The second-order valence-corrected chi connectivity index (χ2v) is 7.68. The highest BCUT2D eigenvalue weighted by molar-refractivity contribution is 7.89. The van der Waals surface area contributed by atoms with Gasteiger partial charge < -0.3 is 5.73 Å². The zero-order chi connectivity index (χ0) is 11.9. The highest BCUT2D eigenvalue weighted by Crippen LogP contribution is 2.36. The Hall–Kier alpha value is -0.130. The van der Waals surface area contributed by atoms with E-state index in [1.54, 1.807) is 4.31 Å². The molecule has 1 aliphatic heterocycles. The summed E-state index contributed by atoms with van der Waals surface area (Å²) in [5.41, 5.74) is 6.07. The number of nitrogens with two attached hydrogens (primary N) is 1. The van der Waals surface area contributed by atoms with E-state index < -0.39 is 10.0 Å². The molecule has 2 fully saturated rings. The first-order chi connectivity index (χ1) is 7.40.